The van der Waals surface area contributed by atoms with E-state index in [0.717, 1.165) is 25.4 Å². The molecule has 0 aromatic heterocycles. The van der Waals surface area contributed by atoms with Gasteiger partial charge in [0.2, 0.25) is 0 Å². The zero-order valence-electron chi connectivity index (χ0n) is 12.6. The van der Waals surface area contributed by atoms with Crippen molar-refractivity contribution in [3.05, 3.63) is 0 Å². The quantitative estimate of drug-likeness (QED) is 0.773. The van der Waals surface area contributed by atoms with Crippen LogP contribution in [0.15, 0.2) is 0 Å². The predicted molar refractivity (Wildman–Crippen MR) is 78.2 cm³/mol. The normalized spacial score (nSPS) is 38.4. The number of nitrogens with zero attached hydrogens (tertiary/aromatic N) is 1. The van der Waals surface area contributed by atoms with E-state index in [9.17, 15) is 5.11 Å². The lowest BCUT2D eigenvalue weighted by Gasteiger charge is -2.43. The van der Waals surface area contributed by atoms with Gasteiger partial charge in [-0.2, -0.15) is 0 Å². The molecule has 2 saturated heterocycles. The molecule has 0 radical (unpaired) electrons. The molecule has 0 aromatic rings. The molecule has 3 heteroatoms. The summed E-state index contributed by atoms with van der Waals surface area (Å²) < 4.78 is 0. The van der Waals surface area contributed by atoms with Crippen molar-refractivity contribution in [2.45, 2.75) is 83.0 Å². The van der Waals surface area contributed by atoms with Gasteiger partial charge in [0.1, 0.15) is 0 Å². The van der Waals surface area contributed by atoms with Crippen molar-refractivity contribution in [2.75, 3.05) is 13.1 Å². The highest BCUT2D eigenvalue weighted by molar-refractivity contribution is 4.98. The second-order valence-electron chi connectivity index (χ2n) is 7.50. The van der Waals surface area contributed by atoms with Crippen molar-refractivity contribution in [3.63, 3.8) is 0 Å². The third-order valence-electron chi connectivity index (χ3n) is 5.67. The Bertz CT molecular complexity index is 304. The zero-order chi connectivity index (χ0) is 13.5. The van der Waals surface area contributed by atoms with E-state index in [1.807, 2.05) is 0 Å². The maximum atomic E-state index is 9.91. The van der Waals surface area contributed by atoms with E-state index < -0.39 is 0 Å². The van der Waals surface area contributed by atoms with Gasteiger partial charge in [-0.1, -0.05) is 13.8 Å². The van der Waals surface area contributed by atoms with Gasteiger partial charge in [0.25, 0.3) is 0 Å². The van der Waals surface area contributed by atoms with Crippen LogP contribution in [0.2, 0.25) is 0 Å². The minimum absolute atomic E-state index is 0.0359. The highest BCUT2D eigenvalue weighted by Crippen LogP contribution is 2.38. The second kappa shape index (κ2) is 5.34. The van der Waals surface area contributed by atoms with Crippen LogP contribution in [0.5, 0.6) is 0 Å². The van der Waals surface area contributed by atoms with Crippen LogP contribution < -0.4 is 5.32 Å². The molecule has 19 heavy (non-hydrogen) atoms. The van der Waals surface area contributed by atoms with Crippen LogP contribution in [0.25, 0.3) is 0 Å². The van der Waals surface area contributed by atoms with Gasteiger partial charge < -0.3 is 10.4 Å². The minimum atomic E-state index is -0.0359. The first-order valence-electron chi connectivity index (χ1n) is 8.27. The Hall–Kier alpha value is -0.120. The molecule has 2 bridgehead atoms. The zero-order valence-corrected chi connectivity index (χ0v) is 12.6. The fourth-order valence-electron chi connectivity index (χ4n) is 3.92. The summed E-state index contributed by atoms with van der Waals surface area (Å²) >= 11 is 0. The highest BCUT2D eigenvalue weighted by atomic mass is 16.3. The fourth-order valence-corrected chi connectivity index (χ4v) is 3.92. The molecule has 1 saturated carbocycles. The number of aliphatic hydroxyl groups is 1. The van der Waals surface area contributed by atoms with Crippen molar-refractivity contribution in [1.82, 2.24) is 10.2 Å². The van der Waals surface area contributed by atoms with Crippen LogP contribution in [0, 0.1) is 5.41 Å². The molecular formula is C16H30N2O. The van der Waals surface area contributed by atoms with Gasteiger partial charge in [-0.3, -0.25) is 4.90 Å². The minimum Gasteiger partial charge on any atom is -0.393 e. The monoisotopic (exact) mass is 266 g/mol. The SMILES string of the molecule is CCC(C)(CNC1CC1)CN1C2CCC1CC(O)C2. The molecule has 3 atom stereocenters. The van der Waals surface area contributed by atoms with Crippen molar-refractivity contribution in [1.29, 1.82) is 0 Å². The molecule has 2 aliphatic heterocycles. The summed E-state index contributed by atoms with van der Waals surface area (Å²) in [5.41, 5.74) is 0.395. The van der Waals surface area contributed by atoms with Crippen LogP contribution in [0.4, 0.5) is 0 Å². The molecule has 3 fully saturated rings. The Morgan fingerprint density at radius 2 is 1.79 bits per heavy atom. The third kappa shape index (κ3) is 3.14. The molecule has 0 amide bonds. The fraction of sp³-hybridized carbons (Fsp3) is 1.00. The number of hydrogen-bond acceptors (Lipinski definition) is 3. The van der Waals surface area contributed by atoms with Gasteiger partial charge in [0, 0.05) is 31.2 Å². The van der Waals surface area contributed by atoms with Crippen molar-refractivity contribution in [3.8, 4) is 0 Å². The van der Waals surface area contributed by atoms with E-state index in [2.05, 4.69) is 24.1 Å². The molecule has 2 heterocycles. The number of hydrogen-bond donors (Lipinski definition) is 2. The van der Waals surface area contributed by atoms with E-state index in [0.29, 0.717) is 17.5 Å². The van der Waals surface area contributed by atoms with Crippen LogP contribution >= 0.6 is 0 Å². The van der Waals surface area contributed by atoms with Crippen LogP contribution in [0.3, 0.4) is 0 Å². The van der Waals surface area contributed by atoms with Gasteiger partial charge >= 0.3 is 0 Å². The van der Waals surface area contributed by atoms with E-state index in [1.54, 1.807) is 0 Å². The topological polar surface area (TPSA) is 35.5 Å². The first-order chi connectivity index (χ1) is 9.09. The third-order valence-corrected chi connectivity index (χ3v) is 5.67. The Morgan fingerprint density at radius 3 is 2.32 bits per heavy atom. The molecule has 0 spiro atoms. The Kier molecular flexibility index (Phi) is 3.89. The number of fused-ring (bicyclic) bond motifs is 2. The first kappa shape index (κ1) is 13.8. The Labute approximate surface area is 117 Å². The number of nitrogens with one attached hydrogen (secondary N) is 1. The van der Waals surface area contributed by atoms with Gasteiger partial charge in [-0.05, 0) is 50.4 Å². The maximum Gasteiger partial charge on any atom is 0.0570 e. The summed E-state index contributed by atoms with van der Waals surface area (Å²) in [6.07, 6.45) is 8.58. The number of piperidine rings is 1. The van der Waals surface area contributed by atoms with E-state index in [4.69, 9.17) is 0 Å². The van der Waals surface area contributed by atoms with E-state index in [1.165, 1.54) is 38.6 Å². The lowest BCUT2D eigenvalue weighted by atomic mass is 9.85. The largest absolute Gasteiger partial charge is 0.393 e. The second-order valence-corrected chi connectivity index (χ2v) is 7.50. The van der Waals surface area contributed by atoms with Gasteiger partial charge in [0.15, 0.2) is 0 Å². The van der Waals surface area contributed by atoms with Gasteiger partial charge in [-0.25, -0.2) is 0 Å². The van der Waals surface area contributed by atoms with Gasteiger partial charge in [-0.15, -0.1) is 0 Å². The molecule has 110 valence electrons. The van der Waals surface area contributed by atoms with Crippen LogP contribution in [-0.2, 0) is 0 Å². The van der Waals surface area contributed by atoms with E-state index in [-0.39, 0.29) is 6.10 Å². The Morgan fingerprint density at radius 1 is 1.16 bits per heavy atom. The Balaban J connectivity index is 1.58. The summed E-state index contributed by atoms with van der Waals surface area (Å²) in [4.78, 5) is 2.73. The molecule has 3 aliphatic rings. The van der Waals surface area contributed by atoms with Crippen LogP contribution in [0.1, 0.15) is 58.8 Å². The molecule has 3 nitrogen and oxygen atoms in total. The molecule has 3 unspecified atom stereocenters. The maximum absolute atomic E-state index is 9.91. The number of rotatable bonds is 6. The summed E-state index contributed by atoms with van der Waals surface area (Å²) in [5, 5.41) is 13.6. The molecule has 1 aliphatic carbocycles. The van der Waals surface area contributed by atoms with Crippen molar-refractivity contribution < 1.29 is 5.11 Å². The lowest BCUT2D eigenvalue weighted by Crippen LogP contribution is -2.51. The lowest BCUT2D eigenvalue weighted by molar-refractivity contribution is 0.0118. The van der Waals surface area contributed by atoms with Crippen molar-refractivity contribution >= 4 is 0 Å². The van der Waals surface area contributed by atoms with Crippen molar-refractivity contribution in [2.24, 2.45) is 5.41 Å². The van der Waals surface area contributed by atoms with E-state index >= 15 is 0 Å². The molecule has 0 aromatic carbocycles. The summed E-state index contributed by atoms with van der Waals surface area (Å²) in [6.45, 7) is 7.14. The van der Waals surface area contributed by atoms with Crippen LogP contribution in [-0.4, -0.2) is 47.3 Å². The first-order valence-corrected chi connectivity index (χ1v) is 8.27. The van der Waals surface area contributed by atoms with Gasteiger partial charge in [0.05, 0.1) is 6.10 Å². The molecule has 2 N–H and O–H groups in total. The standard InChI is InChI=1S/C16H30N2O/c1-3-16(2,10-17-12-4-5-12)11-18-13-6-7-14(18)9-15(19)8-13/h12-15,17,19H,3-11H2,1-2H3. The highest BCUT2D eigenvalue weighted by Gasteiger charge is 2.42. The summed E-state index contributed by atoms with van der Waals surface area (Å²) in [5.74, 6) is 0. The average Bonchev–Trinajstić information content (AvgIpc) is 3.17. The smallest absolute Gasteiger partial charge is 0.0570 e. The molecule has 3 rings (SSSR count). The summed E-state index contributed by atoms with van der Waals surface area (Å²) in [7, 11) is 0. The average molecular weight is 266 g/mol. The molecular weight excluding hydrogens is 236 g/mol. The summed E-state index contributed by atoms with van der Waals surface area (Å²) in [6, 6.07) is 2.12. The number of aliphatic hydroxyl groups excluding tert-OH is 1. The predicted octanol–water partition coefficient (Wildman–Crippen LogP) is 2.14.